The number of benzene rings is 2. The van der Waals surface area contributed by atoms with Gasteiger partial charge in [-0.25, -0.2) is 4.79 Å². The number of hydrogen-bond acceptors (Lipinski definition) is 4. The number of carbonyl (C=O) groups is 1. The van der Waals surface area contributed by atoms with Gasteiger partial charge >= 0.3 is 6.03 Å². The van der Waals surface area contributed by atoms with Crippen LogP contribution in [0, 0.1) is 0 Å². The van der Waals surface area contributed by atoms with E-state index in [0.717, 1.165) is 30.5 Å². The maximum Gasteiger partial charge on any atom is 0.318 e. The Hall–Kier alpha value is -2.89. The van der Waals surface area contributed by atoms with E-state index in [4.69, 9.17) is 9.47 Å². The average Bonchev–Trinajstić information content (AvgIpc) is 3.16. The highest BCUT2D eigenvalue weighted by Crippen LogP contribution is 2.32. The van der Waals surface area contributed by atoms with E-state index >= 15 is 0 Å². The van der Waals surface area contributed by atoms with Crippen molar-refractivity contribution in [2.45, 2.75) is 25.4 Å². The molecule has 1 fully saturated rings. The molecule has 0 saturated carbocycles. The van der Waals surface area contributed by atoms with Crippen LogP contribution in [0.3, 0.4) is 0 Å². The molecular weight excluding hydrogens is 332 g/mol. The van der Waals surface area contributed by atoms with Crippen LogP contribution in [0.5, 0.6) is 17.2 Å². The zero-order chi connectivity index (χ0) is 18.5. The second kappa shape index (κ2) is 7.99. The first kappa shape index (κ1) is 17.9. The Morgan fingerprint density at radius 1 is 1.15 bits per heavy atom. The first-order chi connectivity index (χ1) is 12.6. The molecule has 2 aromatic carbocycles. The molecule has 2 amide bonds. The number of amides is 2. The Morgan fingerprint density at radius 3 is 2.58 bits per heavy atom. The van der Waals surface area contributed by atoms with Crippen molar-refractivity contribution in [3.63, 3.8) is 0 Å². The van der Waals surface area contributed by atoms with Gasteiger partial charge in [0.25, 0.3) is 0 Å². The number of ether oxygens (including phenoxy) is 2. The van der Waals surface area contributed by atoms with Crippen molar-refractivity contribution in [1.82, 2.24) is 10.2 Å². The van der Waals surface area contributed by atoms with Crippen LogP contribution in [0.15, 0.2) is 42.5 Å². The number of nitrogens with zero attached hydrogens (tertiary/aromatic N) is 1. The fourth-order valence-corrected chi connectivity index (χ4v) is 3.32. The molecule has 0 radical (unpaired) electrons. The fraction of sp³-hybridized carbons (Fsp3) is 0.350. The van der Waals surface area contributed by atoms with Gasteiger partial charge in [-0.1, -0.05) is 18.2 Å². The number of phenolic OH excluding ortho intramolecular Hbond substituents is 1. The summed E-state index contributed by atoms with van der Waals surface area (Å²) in [6.45, 7) is 1.14. The van der Waals surface area contributed by atoms with Crippen LogP contribution >= 0.6 is 0 Å². The van der Waals surface area contributed by atoms with Gasteiger partial charge in [0.05, 0.1) is 20.3 Å². The maximum atomic E-state index is 12.7. The number of phenols is 1. The third-order valence-electron chi connectivity index (χ3n) is 4.68. The molecule has 138 valence electrons. The van der Waals surface area contributed by atoms with Gasteiger partial charge in [-0.3, -0.25) is 0 Å². The number of likely N-dealkylation sites (tertiary alicyclic amines) is 1. The quantitative estimate of drug-likeness (QED) is 0.861. The molecule has 1 saturated heterocycles. The number of nitrogens with one attached hydrogen (secondary N) is 1. The van der Waals surface area contributed by atoms with Gasteiger partial charge in [0.1, 0.15) is 5.75 Å². The summed E-state index contributed by atoms with van der Waals surface area (Å²) < 4.78 is 10.5. The Morgan fingerprint density at radius 2 is 1.88 bits per heavy atom. The van der Waals surface area contributed by atoms with Crippen LogP contribution in [-0.4, -0.2) is 36.8 Å². The lowest BCUT2D eigenvalue weighted by Crippen LogP contribution is -2.39. The zero-order valence-corrected chi connectivity index (χ0v) is 15.1. The third kappa shape index (κ3) is 3.85. The molecule has 26 heavy (non-hydrogen) atoms. The highest BCUT2D eigenvalue weighted by atomic mass is 16.5. The van der Waals surface area contributed by atoms with Crippen molar-refractivity contribution in [1.29, 1.82) is 0 Å². The minimum atomic E-state index is -0.0876. The molecule has 2 N–H and O–H groups in total. The summed E-state index contributed by atoms with van der Waals surface area (Å²) in [7, 11) is 3.18. The smallest absolute Gasteiger partial charge is 0.318 e. The predicted molar refractivity (Wildman–Crippen MR) is 98.6 cm³/mol. The minimum Gasteiger partial charge on any atom is -0.508 e. The van der Waals surface area contributed by atoms with Gasteiger partial charge < -0.3 is 24.8 Å². The summed E-state index contributed by atoms with van der Waals surface area (Å²) in [5, 5.41) is 12.4. The molecule has 6 nitrogen and oxygen atoms in total. The van der Waals surface area contributed by atoms with Crippen LogP contribution in [0.4, 0.5) is 4.79 Å². The molecule has 0 bridgehead atoms. The summed E-state index contributed by atoms with van der Waals surface area (Å²) in [5.74, 6) is 1.54. The van der Waals surface area contributed by atoms with Crippen LogP contribution in [0.25, 0.3) is 0 Å². The normalized spacial score (nSPS) is 16.4. The van der Waals surface area contributed by atoms with E-state index in [1.54, 1.807) is 26.4 Å². The van der Waals surface area contributed by atoms with Crippen molar-refractivity contribution in [3.8, 4) is 17.2 Å². The Bertz CT molecular complexity index is 761. The van der Waals surface area contributed by atoms with Gasteiger partial charge in [0.15, 0.2) is 11.5 Å². The fourth-order valence-electron chi connectivity index (χ4n) is 3.32. The minimum absolute atomic E-state index is 0.0426. The van der Waals surface area contributed by atoms with Crippen LogP contribution in [0.2, 0.25) is 0 Å². The topological polar surface area (TPSA) is 71.0 Å². The predicted octanol–water partition coefficient (Wildman–Crippen LogP) is 3.46. The van der Waals surface area contributed by atoms with Gasteiger partial charge in [0.2, 0.25) is 0 Å². The molecule has 0 aromatic heterocycles. The van der Waals surface area contributed by atoms with Crippen LogP contribution in [-0.2, 0) is 6.54 Å². The Kier molecular flexibility index (Phi) is 5.51. The van der Waals surface area contributed by atoms with E-state index in [9.17, 15) is 9.90 Å². The number of rotatable bonds is 5. The number of aromatic hydroxyl groups is 1. The average molecular weight is 356 g/mol. The molecule has 0 aliphatic carbocycles. The maximum absolute atomic E-state index is 12.7. The molecule has 1 aliphatic rings. The summed E-state index contributed by atoms with van der Waals surface area (Å²) in [6, 6.07) is 12.6. The van der Waals surface area contributed by atoms with E-state index in [-0.39, 0.29) is 17.8 Å². The molecule has 0 spiro atoms. The van der Waals surface area contributed by atoms with Crippen molar-refractivity contribution in [3.05, 3.63) is 53.6 Å². The lowest BCUT2D eigenvalue weighted by atomic mass is 10.0. The summed E-state index contributed by atoms with van der Waals surface area (Å²) >= 11 is 0. The number of carbonyl (C=O) groups excluding carboxylic acids is 1. The van der Waals surface area contributed by atoms with Crippen molar-refractivity contribution in [2.24, 2.45) is 0 Å². The highest BCUT2D eigenvalue weighted by Gasteiger charge is 2.29. The van der Waals surface area contributed by atoms with Crippen molar-refractivity contribution < 1.29 is 19.4 Å². The monoisotopic (exact) mass is 356 g/mol. The van der Waals surface area contributed by atoms with Crippen molar-refractivity contribution >= 4 is 6.03 Å². The van der Waals surface area contributed by atoms with Crippen molar-refractivity contribution in [2.75, 3.05) is 20.8 Å². The van der Waals surface area contributed by atoms with E-state index in [1.807, 2.05) is 35.2 Å². The molecule has 3 rings (SSSR count). The molecule has 1 atom stereocenters. The standard InChI is InChI=1S/C20H24N2O4/c1-25-18-10-5-14(12-19(18)26-2)13-21-20(24)22-11-3-4-17(22)15-6-8-16(23)9-7-15/h5-10,12,17,23H,3-4,11,13H2,1-2H3,(H,21,24). The van der Waals surface area contributed by atoms with Gasteiger partial charge in [-0.05, 0) is 48.2 Å². The molecule has 1 heterocycles. The molecule has 2 aromatic rings. The van der Waals surface area contributed by atoms with E-state index in [0.29, 0.717) is 18.0 Å². The molecular formula is C20H24N2O4. The lowest BCUT2D eigenvalue weighted by molar-refractivity contribution is 0.192. The first-order valence-corrected chi connectivity index (χ1v) is 8.66. The Balaban J connectivity index is 1.65. The van der Waals surface area contributed by atoms with E-state index in [2.05, 4.69) is 5.32 Å². The SMILES string of the molecule is COc1ccc(CNC(=O)N2CCCC2c2ccc(O)cc2)cc1OC. The Labute approximate surface area is 153 Å². The van der Waals surface area contributed by atoms with Gasteiger partial charge in [-0.15, -0.1) is 0 Å². The van der Waals surface area contributed by atoms with Crippen LogP contribution < -0.4 is 14.8 Å². The largest absolute Gasteiger partial charge is 0.508 e. The molecule has 1 aliphatic heterocycles. The third-order valence-corrected chi connectivity index (χ3v) is 4.68. The highest BCUT2D eigenvalue weighted by molar-refractivity contribution is 5.75. The number of urea groups is 1. The second-order valence-electron chi connectivity index (χ2n) is 6.29. The first-order valence-electron chi connectivity index (χ1n) is 8.66. The zero-order valence-electron chi connectivity index (χ0n) is 15.1. The van der Waals surface area contributed by atoms with Crippen LogP contribution in [0.1, 0.15) is 30.0 Å². The summed E-state index contributed by atoms with van der Waals surface area (Å²) in [5.41, 5.74) is 1.98. The summed E-state index contributed by atoms with van der Waals surface area (Å²) in [6.07, 6.45) is 1.89. The van der Waals surface area contributed by atoms with E-state index in [1.165, 1.54) is 0 Å². The summed E-state index contributed by atoms with van der Waals surface area (Å²) in [4.78, 5) is 14.5. The van der Waals surface area contributed by atoms with E-state index < -0.39 is 0 Å². The second-order valence-corrected chi connectivity index (χ2v) is 6.29. The van der Waals surface area contributed by atoms with Gasteiger partial charge in [0, 0.05) is 13.1 Å². The molecule has 1 unspecified atom stereocenters. The molecule has 6 heteroatoms. The van der Waals surface area contributed by atoms with Gasteiger partial charge in [-0.2, -0.15) is 0 Å². The lowest BCUT2D eigenvalue weighted by Gasteiger charge is -2.25. The number of methoxy groups -OCH3 is 2. The number of hydrogen-bond donors (Lipinski definition) is 2.